The Morgan fingerprint density at radius 2 is 2.00 bits per heavy atom. The molecule has 0 aliphatic heterocycles. The highest BCUT2D eigenvalue weighted by Gasteiger charge is 2.04. The van der Waals surface area contributed by atoms with Crippen LogP contribution in [0.3, 0.4) is 0 Å². The monoisotopic (exact) mass is 297 g/mol. The Kier molecular flexibility index (Phi) is 8.43. The highest BCUT2D eigenvalue weighted by atomic mass is 19.1. The molecule has 1 N–H and O–H groups in total. The van der Waals surface area contributed by atoms with Gasteiger partial charge in [-0.1, -0.05) is 6.92 Å². The summed E-state index contributed by atoms with van der Waals surface area (Å²) in [7, 11) is 0. The lowest BCUT2D eigenvalue weighted by molar-refractivity contribution is -0.116. The van der Waals surface area contributed by atoms with Gasteiger partial charge < -0.3 is 14.8 Å². The second-order valence-electron chi connectivity index (χ2n) is 4.80. The van der Waals surface area contributed by atoms with E-state index in [1.54, 1.807) is 24.3 Å². The van der Waals surface area contributed by atoms with Gasteiger partial charge in [0.15, 0.2) is 0 Å². The zero-order valence-electron chi connectivity index (χ0n) is 12.7. The molecule has 0 aliphatic rings. The minimum atomic E-state index is -0.517. The Morgan fingerprint density at radius 3 is 2.62 bits per heavy atom. The van der Waals surface area contributed by atoms with E-state index in [1.165, 1.54) is 0 Å². The number of carbonyl (C=O) groups excluding carboxylic acids is 1. The van der Waals surface area contributed by atoms with E-state index in [1.807, 2.05) is 6.92 Å². The van der Waals surface area contributed by atoms with Crippen LogP contribution in [0, 0.1) is 0 Å². The fourth-order valence-electron chi connectivity index (χ4n) is 1.65. The first-order valence-electron chi connectivity index (χ1n) is 7.36. The van der Waals surface area contributed by atoms with Gasteiger partial charge in [0.2, 0.25) is 5.91 Å². The summed E-state index contributed by atoms with van der Waals surface area (Å²) >= 11 is 0. The van der Waals surface area contributed by atoms with E-state index in [9.17, 15) is 9.18 Å². The molecule has 0 heterocycles. The van der Waals surface area contributed by atoms with Crippen LogP contribution in [0.25, 0.3) is 0 Å². The summed E-state index contributed by atoms with van der Waals surface area (Å²) in [6, 6.07) is 6.89. The van der Waals surface area contributed by atoms with E-state index in [-0.39, 0.29) is 18.6 Å². The molecule has 0 aliphatic carbocycles. The van der Waals surface area contributed by atoms with Gasteiger partial charge in [0.25, 0.3) is 0 Å². The van der Waals surface area contributed by atoms with Gasteiger partial charge in [-0.25, -0.2) is 4.39 Å². The van der Waals surface area contributed by atoms with Crippen molar-refractivity contribution in [3.8, 4) is 5.75 Å². The van der Waals surface area contributed by atoms with E-state index in [0.29, 0.717) is 30.9 Å². The number of anilines is 1. The maximum absolute atomic E-state index is 12.0. The first-order valence-corrected chi connectivity index (χ1v) is 7.36. The second-order valence-corrected chi connectivity index (χ2v) is 4.80. The molecule has 1 amide bonds. The molecule has 1 atom stereocenters. The largest absolute Gasteiger partial charge is 0.491 e. The predicted octanol–water partition coefficient (Wildman–Crippen LogP) is 3.57. The number of ether oxygens (including phenoxy) is 2. The molecule has 1 aromatic rings. The van der Waals surface area contributed by atoms with Crippen LogP contribution in [0.5, 0.6) is 5.75 Å². The lowest BCUT2D eigenvalue weighted by Gasteiger charge is -2.10. The average molecular weight is 297 g/mol. The van der Waals surface area contributed by atoms with Crippen LogP contribution in [0.2, 0.25) is 0 Å². The van der Waals surface area contributed by atoms with Gasteiger partial charge in [-0.3, -0.25) is 4.79 Å². The number of carbonyl (C=O) groups is 1. The van der Waals surface area contributed by atoms with Crippen molar-refractivity contribution < 1.29 is 18.7 Å². The van der Waals surface area contributed by atoms with Crippen molar-refractivity contribution in [2.75, 3.05) is 25.2 Å². The molecule has 0 bridgehead atoms. The molecule has 118 valence electrons. The summed E-state index contributed by atoms with van der Waals surface area (Å²) in [5.74, 6) is 0.549. The van der Waals surface area contributed by atoms with Crippen molar-refractivity contribution in [1.29, 1.82) is 0 Å². The van der Waals surface area contributed by atoms with E-state index in [4.69, 9.17) is 9.47 Å². The van der Waals surface area contributed by atoms with Gasteiger partial charge in [-0.15, -0.1) is 0 Å². The summed E-state index contributed by atoms with van der Waals surface area (Å²) < 4.78 is 22.6. The molecule has 1 rings (SSSR count). The van der Waals surface area contributed by atoms with Crippen molar-refractivity contribution in [3.63, 3.8) is 0 Å². The standard InChI is InChI=1S/C16H24FNO3/c1-3-13(2)20-11-4-5-16(19)18-14-6-8-15(9-7-14)21-12-10-17/h6-9,13H,3-5,10-12H2,1-2H3,(H,18,19). The Bertz CT molecular complexity index is 408. The van der Waals surface area contributed by atoms with Gasteiger partial charge in [-0.05, 0) is 44.0 Å². The summed E-state index contributed by atoms with van der Waals surface area (Å²) in [6.07, 6.45) is 2.35. The third kappa shape index (κ3) is 7.66. The molecule has 0 radical (unpaired) electrons. The summed E-state index contributed by atoms with van der Waals surface area (Å²) in [5, 5.41) is 2.80. The highest BCUT2D eigenvalue weighted by molar-refractivity contribution is 5.90. The highest BCUT2D eigenvalue weighted by Crippen LogP contribution is 2.16. The first kappa shape index (κ1) is 17.4. The zero-order chi connectivity index (χ0) is 15.5. The third-order valence-electron chi connectivity index (χ3n) is 3.01. The fourth-order valence-corrected chi connectivity index (χ4v) is 1.65. The van der Waals surface area contributed by atoms with Crippen LogP contribution in [0.15, 0.2) is 24.3 Å². The molecule has 0 saturated carbocycles. The Morgan fingerprint density at radius 1 is 1.29 bits per heavy atom. The van der Waals surface area contributed by atoms with Crippen molar-refractivity contribution in [1.82, 2.24) is 0 Å². The smallest absolute Gasteiger partial charge is 0.224 e. The van der Waals surface area contributed by atoms with Crippen LogP contribution in [-0.2, 0) is 9.53 Å². The lowest BCUT2D eigenvalue weighted by atomic mass is 10.2. The molecule has 0 saturated heterocycles. The van der Waals surface area contributed by atoms with E-state index in [2.05, 4.69) is 12.2 Å². The van der Waals surface area contributed by atoms with E-state index >= 15 is 0 Å². The minimum absolute atomic E-state index is 0.0415. The zero-order valence-corrected chi connectivity index (χ0v) is 12.7. The Balaban J connectivity index is 2.24. The summed E-state index contributed by atoms with van der Waals surface area (Å²) in [4.78, 5) is 11.7. The maximum Gasteiger partial charge on any atom is 0.224 e. The second kappa shape index (κ2) is 10.2. The molecule has 21 heavy (non-hydrogen) atoms. The molecule has 0 spiro atoms. The first-order chi connectivity index (χ1) is 10.2. The Hall–Kier alpha value is -1.62. The molecule has 1 unspecified atom stereocenters. The van der Waals surface area contributed by atoms with E-state index < -0.39 is 6.67 Å². The SMILES string of the molecule is CCC(C)OCCCC(=O)Nc1ccc(OCCF)cc1. The van der Waals surface area contributed by atoms with Gasteiger partial charge in [-0.2, -0.15) is 0 Å². The van der Waals surface area contributed by atoms with Crippen molar-refractivity contribution in [2.45, 2.75) is 39.2 Å². The van der Waals surface area contributed by atoms with Crippen LogP contribution in [-0.4, -0.2) is 31.9 Å². The molecular formula is C16H24FNO3. The number of rotatable bonds is 10. The van der Waals surface area contributed by atoms with Crippen LogP contribution in [0.1, 0.15) is 33.1 Å². The lowest BCUT2D eigenvalue weighted by Crippen LogP contribution is -2.14. The maximum atomic E-state index is 12.0. The number of halogens is 1. The molecule has 0 fully saturated rings. The van der Waals surface area contributed by atoms with Gasteiger partial charge >= 0.3 is 0 Å². The average Bonchev–Trinajstić information content (AvgIpc) is 2.50. The van der Waals surface area contributed by atoms with Gasteiger partial charge in [0.1, 0.15) is 19.0 Å². The van der Waals surface area contributed by atoms with E-state index in [0.717, 1.165) is 6.42 Å². The number of hydrogen-bond donors (Lipinski definition) is 1. The third-order valence-corrected chi connectivity index (χ3v) is 3.01. The normalized spacial score (nSPS) is 12.0. The number of hydrogen-bond acceptors (Lipinski definition) is 3. The molecule has 1 aromatic carbocycles. The fraction of sp³-hybridized carbons (Fsp3) is 0.562. The van der Waals surface area contributed by atoms with Crippen molar-refractivity contribution >= 4 is 11.6 Å². The minimum Gasteiger partial charge on any atom is -0.491 e. The van der Waals surface area contributed by atoms with Crippen LogP contribution in [0.4, 0.5) is 10.1 Å². The Labute approximate surface area is 125 Å². The topological polar surface area (TPSA) is 47.6 Å². The van der Waals surface area contributed by atoms with Crippen LogP contribution >= 0.6 is 0 Å². The number of alkyl halides is 1. The quantitative estimate of drug-likeness (QED) is 0.672. The number of nitrogens with one attached hydrogen (secondary N) is 1. The van der Waals surface area contributed by atoms with Crippen molar-refractivity contribution in [3.05, 3.63) is 24.3 Å². The molecule has 5 heteroatoms. The summed E-state index contributed by atoms with van der Waals surface area (Å²) in [6.45, 7) is 4.21. The molecule has 0 aromatic heterocycles. The summed E-state index contributed by atoms with van der Waals surface area (Å²) in [5.41, 5.74) is 0.704. The molecular weight excluding hydrogens is 273 g/mol. The molecule has 4 nitrogen and oxygen atoms in total. The van der Waals surface area contributed by atoms with Gasteiger partial charge in [0.05, 0.1) is 6.10 Å². The van der Waals surface area contributed by atoms with Gasteiger partial charge in [0, 0.05) is 18.7 Å². The predicted molar refractivity (Wildman–Crippen MR) is 81.5 cm³/mol. The van der Waals surface area contributed by atoms with Crippen molar-refractivity contribution in [2.24, 2.45) is 0 Å². The number of benzene rings is 1. The van der Waals surface area contributed by atoms with Crippen LogP contribution < -0.4 is 10.1 Å². The number of amides is 1.